The molecule has 2 aromatic rings. The molecule has 2 fully saturated rings. The molecule has 2 aromatic heterocycles. The van der Waals surface area contributed by atoms with Gasteiger partial charge in [-0.25, -0.2) is 9.78 Å². The number of pyridine rings is 1. The Balaban J connectivity index is 1.89. The van der Waals surface area contributed by atoms with E-state index in [1.165, 1.54) is 4.57 Å². The Morgan fingerprint density at radius 2 is 1.97 bits per heavy atom. The lowest BCUT2D eigenvalue weighted by Gasteiger charge is -2.22. The average Bonchev–Trinajstić information content (AvgIpc) is 3.51. The van der Waals surface area contributed by atoms with Gasteiger partial charge in [-0.2, -0.15) is 0 Å². The van der Waals surface area contributed by atoms with Gasteiger partial charge in [0.2, 0.25) is 0 Å². The zero-order valence-corrected chi connectivity index (χ0v) is 17.5. The van der Waals surface area contributed by atoms with E-state index in [-0.39, 0.29) is 17.2 Å². The van der Waals surface area contributed by atoms with E-state index < -0.39 is 11.2 Å². The minimum absolute atomic E-state index is 0.117. The van der Waals surface area contributed by atoms with E-state index in [0.29, 0.717) is 42.7 Å². The van der Waals surface area contributed by atoms with Crippen LogP contribution in [-0.2, 0) is 6.54 Å². The summed E-state index contributed by atoms with van der Waals surface area (Å²) in [6.45, 7) is 8.09. The van der Waals surface area contributed by atoms with Gasteiger partial charge in [0.15, 0.2) is 5.65 Å². The van der Waals surface area contributed by atoms with Crippen molar-refractivity contribution in [3.63, 3.8) is 0 Å². The maximum absolute atomic E-state index is 13.5. The number of likely N-dealkylation sites (tertiary alicyclic amines) is 1. The quantitative estimate of drug-likeness (QED) is 0.858. The summed E-state index contributed by atoms with van der Waals surface area (Å²) in [6.07, 6.45) is 5.12. The lowest BCUT2D eigenvalue weighted by Crippen LogP contribution is -2.36. The van der Waals surface area contributed by atoms with Gasteiger partial charge in [0.1, 0.15) is 0 Å². The lowest BCUT2D eigenvalue weighted by molar-refractivity contribution is 0.0762. The Bertz CT molecular complexity index is 1050. The second-order valence-corrected chi connectivity index (χ2v) is 9.16. The number of rotatable bonds is 4. The van der Waals surface area contributed by atoms with E-state index in [1.54, 1.807) is 6.07 Å². The second-order valence-electron chi connectivity index (χ2n) is 9.16. The van der Waals surface area contributed by atoms with Crippen LogP contribution in [0.4, 0.5) is 0 Å². The maximum atomic E-state index is 13.5. The number of fused-ring (bicyclic) bond motifs is 1. The van der Waals surface area contributed by atoms with Crippen molar-refractivity contribution in [2.45, 2.75) is 65.3 Å². The Kier molecular flexibility index (Phi) is 5.32. The molecule has 0 aromatic carbocycles. The Morgan fingerprint density at radius 1 is 1.21 bits per heavy atom. The monoisotopic (exact) mass is 398 g/mol. The van der Waals surface area contributed by atoms with Gasteiger partial charge in [0.25, 0.3) is 11.5 Å². The summed E-state index contributed by atoms with van der Waals surface area (Å²) in [5.74, 6) is 1.01. The molecule has 1 aliphatic carbocycles. The first kappa shape index (κ1) is 19.9. The second kappa shape index (κ2) is 7.76. The summed E-state index contributed by atoms with van der Waals surface area (Å²) in [7, 11) is 0. The van der Waals surface area contributed by atoms with Crippen LogP contribution in [0.1, 0.15) is 74.8 Å². The first-order chi connectivity index (χ1) is 13.8. The number of carbonyl (C=O) groups excluding carboxylic acids is 1. The molecule has 3 heterocycles. The molecule has 1 aliphatic heterocycles. The van der Waals surface area contributed by atoms with Crippen molar-refractivity contribution in [1.29, 1.82) is 0 Å². The molecule has 1 atom stereocenters. The molecular weight excluding hydrogens is 368 g/mol. The van der Waals surface area contributed by atoms with Gasteiger partial charge in [0.05, 0.1) is 10.9 Å². The molecule has 2 aliphatic rings. The first-order valence-corrected chi connectivity index (χ1v) is 10.8. The zero-order valence-electron chi connectivity index (χ0n) is 17.5. The SMILES string of the molecule is CC(C)Cn1c(=O)[nH]c(=O)c2c(C(=O)N3CCC[C@@H](C)CC3)cc(C3CC3)nc21. The number of hydrogen-bond donors (Lipinski definition) is 1. The largest absolute Gasteiger partial charge is 0.339 e. The molecule has 156 valence electrons. The number of hydrogen-bond acceptors (Lipinski definition) is 4. The molecule has 29 heavy (non-hydrogen) atoms. The molecule has 1 N–H and O–H groups in total. The van der Waals surface area contributed by atoms with Crippen molar-refractivity contribution in [1.82, 2.24) is 19.4 Å². The van der Waals surface area contributed by atoms with Crippen molar-refractivity contribution < 1.29 is 4.79 Å². The van der Waals surface area contributed by atoms with Gasteiger partial charge in [0, 0.05) is 31.2 Å². The summed E-state index contributed by atoms with van der Waals surface area (Å²) in [6, 6.07) is 1.80. The number of carbonyl (C=O) groups is 1. The number of aromatic amines is 1. The van der Waals surface area contributed by atoms with Crippen LogP contribution in [0, 0.1) is 11.8 Å². The third-order valence-electron chi connectivity index (χ3n) is 6.05. The van der Waals surface area contributed by atoms with E-state index in [0.717, 1.165) is 37.8 Å². The molecule has 4 rings (SSSR count). The van der Waals surface area contributed by atoms with Crippen molar-refractivity contribution in [3.8, 4) is 0 Å². The number of nitrogens with one attached hydrogen (secondary N) is 1. The van der Waals surface area contributed by atoms with Crippen LogP contribution in [-0.4, -0.2) is 38.4 Å². The topological polar surface area (TPSA) is 88.1 Å². The predicted octanol–water partition coefficient (Wildman–Crippen LogP) is 2.88. The fraction of sp³-hybridized carbons (Fsp3) is 0.636. The van der Waals surface area contributed by atoms with Crippen LogP contribution in [0.3, 0.4) is 0 Å². The highest BCUT2D eigenvalue weighted by Crippen LogP contribution is 2.40. The molecule has 0 bridgehead atoms. The van der Waals surface area contributed by atoms with Crippen LogP contribution in [0.15, 0.2) is 15.7 Å². The molecule has 1 saturated carbocycles. The van der Waals surface area contributed by atoms with Gasteiger partial charge in [-0.1, -0.05) is 20.8 Å². The summed E-state index contributed by atoms with van der Waals surface area (Å²) in [5.41, 5.74) is 0.588. The number of nitrogens with zero attached hydrogens (tertiary/aromatic N) is 3. The fourth-order valence-electron chi connectivity index (χ4n) is 4.22. The highest BCUT2D eigenvalue weighted by Gasteiger charge is 2.30. The molecule has 7 heteroatoms. The van der Waals surface area contributed by atoms with Gasteiger partial charge in [-0.05, 0) is 50.0 Å². The van der Waals surface area contributed by atoms with Gasteiger partial charge in [-0.3, -0.25) is 19.1 Å². The maximum Gasteiger partial charge on any atom is 0.330 e. The van der Waals surface area contributed by atoms with Gasteiger partial charge >= 0.3 is 5.69 Å². The molecule has 0 radical (unpaired) electrons. The van der Waals surface area contributed by atoms with Crippen molar-refractivity contribution in [3.05, 3.63) is 38.2 Å². The summed E-state index contributed by atoms with van der Waals surface area (Å²) in [4.78, 5) is 47.8. The van der Waals surface area contributed by atoms with Crippen LogP contribution < -0.4 is 11.2 Å². The van der Waals surface area contributed by atoms with Crippen LogP contribution >= 0.6 is 0 Å². The van der Waals surface area contributed by atoms with Gasteiger partial charge < -0.3 is 4.90 Å². The van der Waals surface area contributed by atoms with Crippen LogP contribution in [0.5, 0.6) is 0 Å². The highest BCUT2D eigenvalue weighted by atomic mass is 16.2. The third-order valence-corrected chi connectivity index (χ3v) is 6.05. The normalized spacial score (nSPS) is 20.3. The summed E-state index contributed by atoms with van der Waals surface area (Å²) < 4.78 is 1.52. The molecule has 0 unspecified atom stereocenters. The molecular formula is C22H30N4O3. The standard InChI is InChI=1S/C22H30N4O3/c1-13(2)12-26-19-18(20(27)24-22(26)29)16(11-17(23-19)15-6-7-15)21(28)25-9-4-5-14(3)8-10-25/h11,13-15H,4-10,12H2,1-3H3,(H,24,27,29)/t14-/m1/s1. The van der Waals surface area contributed by atoms with Crippen molar-refractivity contribution >= 4 is 16.9 Å². The molecule has 0 spiro atoms. The lowest BCUT2D eigenvalue weighted by atomic mass is 10.0. The summed E-state index contributed by atoms with van der Waals surface area (Å²) >= 11 is 0. The Labute approximate surface area is 170 Å². The minimum Gasteiger partial charge on any atom is -0.339 e. The average molecular weight is 399 g/mol. The van der Waals surface area contributed by atoms with Crippen LogP contribution in [0.25, 0.3) is 11.0 Å². The van der Waals surface area contributed by atoms with E-state index in [9.17, 15) is 14.4 Å². The first-order valence-electron chi connectivity index (χ1n) is 10.8. The minimum atomic E-state index is -0.522. The smallest absolute Gasteiger partial charge is 0.330 e. The number of amides is 1. The Hall–Kier alpha value is -2.44. The zero-order chi connectivity index (χ0) is 20.7. The van der Waals surface area contributed by atoms with E-state index in [4.69, 9.17) is 4.98 Å². The number of H-pyrrole nitrogens is 1. The molecule has 1 amide bonds. The van der Waals surface area contributed by atoms with Crippen LogP contribution in [0.2, 0.25) is 0 Å². The Morgan fingerprint density at radius 3 is 2.66 bits per heavy atom. The number of aromatic nitrogens is 3. The molecule has 7 nitrogen and oxygen atoms in total. The van der Waals surface area contributed by atoms with Crippen molar-refractivity contribution in [2.24, 2.45) is 11.8 Å². The van der Waals surface area contributed by atoms with Gasteiger partial charge in [-0.15, -0.1) is 0 Å². The summed E-state index contributed by atoms with van der Waals surface area (Å²) in [5, 5.41) is 0.247. The highest BCUT2D eigenvalue weighted by molar-refractivity contribution is 6.05. The third kappa shape index (κ3) is 4.00. The molecule has 1 saturated heterocycles. The predicted molar refractivity (Wildman–Crippen MR) is 112 cm³/mol. The van der Waals surface area contributed by atoms with E-state index >= 15 is 0 Å². The van der Waals surface area contributed by atoms with E-state index in [1.807, 2.05) is 18.7 Å². The fourth-order valence-corrected chi connectivity index (χ4v) is 4.22. The van der Waals surface area contributed by atoms with E-state index in [2.05, 4.69) is 11.9 Å². The van der Waals surface area contributed by atoms with Crippen molar-refractivity contribution in [2.75, 3.05) is 13.1 Å².